The number of nitrogens with one attached hydrogen (secondary N) is 1. The van der Waals surface area contributed by atoms with Crippen LogP contribution in [0.5, 0.6) is 5.75 Å². The monoisotopic (exact) mass is 264 g/mol. The van der Waals surface area contributed by atoms with Gasteiger partial charge in [0.1, 0.15) is 5.75 Å². The van der Waals surface area contributed by atoms with E-state index in [2.05, 4.69) is 12.2 Å². The maximum atomic E-state index is 9.25. The summed E-state index contributed by atoms with van der Waals surface area (Å²) >= 11 is 5.36. The standard InChI is InChI=1S/C14H20N2OS/c1-4-10-16(5-2)14(18)15-11(3)12-6-8-13(17)9-7-12/h4,6-11,17H,5H2,1-3H3,(H,15,18)/b10-4-. The third-order valence-corrected chi connectivity index (χ3v) is 3.02. The molecule has 1 unspecified atom stereocenters. The lowest BCUT2D eigenvalue weighted by Gasteiger charge is -2.24. The van der Waals surface area contributed by atoms with Crippen molar-refractivity contribution in [3.05, 3.63) is 42.1 Å². The van der Waals surface area contributed by atoms with Gasteiger partial charge >= 0.3 is 0 Å². The fourth-order valence-corrected chi connectivity index (χ4v) is 1.98. The van der Waals surface area contributed by atoms with Crippen LogP contribution in [0.3, 0.4) is 0 Å². The average Bonchev–Trinajstić information content (AvgIpc) is 2.36. The summed E-state index contributed by atoms with van der Waals surface area (Å²) in [7, 11) is 0. The van der Waals surface area contributed by atoms with Gasteiger partial charge in [0.25, 0.3) is 0 Å². The van der Waals surface area contributed by atoms with Crippen LogP contribution in [0, 0.1) is 0 Å². The molecule has 0 aliphatic heterocycles. The lowest BCUT2D eigenvalue weighted by atomic mass is 10.1. The van der Waals surface area contributed by atoms with E-state index in [9.17, 15) is 5.11 Å². The van der Waals surface area contributed by atoms with E-state index in [1.165, 1.54) is 0 Å². The van der Waals surface area contributed by atoms with Crippen LogP contribution >= 0.6 is 12.2 Å². The average molecular weight is 264 g/mol. The molecule has 1 atom stereocenters. The number of rotatable bonds is 4. The Morgan fingerprint density at radius 2 is 2.06 bits per heavy atom. The van der Waals surface area contributed by atoms with Crippen molar-refractivity contribution in [3.8, 4) is 5.75 Å². The summed E-state index contributed by atoms with van der Waals surface area (Å²) in [6.45, 7) is 6.90. The van der Waals surface area contributed by atoms with Gasteiger partial charge in [0.05, 0.1) is 6.04 Å². The van der Waals surface area contributed by atoms with Crippen molar-refractivity contribution in [2.24, 2.45) is 0 Å². The molecule has 2 N–H and O–H groups in total. The van der Waals surface area contributed by atoms with Crippen molar-refractivity contribution in [3.63, 3.8) is 0 Å². The van der Waals surface area contributed by atoms with Crippen molar-refractivity contribution in [2.45, 2.75) is 26.8 Å². The zero-order valence-electron chi connectivity index (χ0n) is 11.1. The third kappa shape index (κ3) is 4.04. The fourth-order valence-electron chi connectivity index (χ4n) is 1.61. The van der Waals surface area contributed by atoms with E-state index in [0.717, 1.165) is 12.1 Å². The Morgan fingerprint density at radius 1 is 1.44 bits per heavy atom. The van der Waals surface area contributed by atoms with Crippen LogP contribution in [0.2, 0.25) is 0 Å². The van der Waals surface area contributed by atoms with Crippen LogP contribution in [-0.2, 0) is 0 Å². The molecular formula is C14H20N2OS. The van der Waals surface area contributed by atoms with Gasteiger partial charge in [-0.15, -0.1) is 0 Å². The largest absolute Gasteiger partial charge is 0.508 e. The van der Waals surface area contributed by atoms with Crippen LogP contribution in [-0.4, -0.2) is 21.7 Å². The molecule has 0 saturated carbocycles. The highest BCUT2D eigenvalue weighted by Crippen LogP contribution is 2.16. The van der Waals surface area contributed by atoms with E-state index >= 15 is 0 Å². The first kappa shape index (κ1) is 14.5. The molecule has 18 heavy (non-hydrogen) atoms. The number of phenols is 1. The zero-order valence-corrected chi connectivity index (χ0v) is 11.9. The van der Waals surface area contributed by atoms with Crippen LogP contribution < -0.4 is 5.32 Å². The molecule has 4 heteroatoms. The quantitative estimate of drug-likeness (QED) is 0.819. The van der Waals surface area contributed by atoms with E-state index in [0.29, 0.717) is 5.11 Å². The zero-order chi connectivity index (χ0) is 13.5. The summed E-state index contributed by atoms with van der Waals surface area (Å²) in [5, 5.41) is 13.2. The first-order valence-corrected chi connectivity index (χ1v) is 6.48. The van der Waals surface area contributed by atoms with E-state index < -0.39 is 0 Å². The number of allylic oxidation sites excluding steroid dienone is 1. The molecule has 3 nitrogen and oxygen atoms in total. The lowest BCUT2D eigenvalue weighted by molar-refractivity contribution is 0.474. The van der Waals surface area contributed by atoms with E-state index in [-0.39, 0.29) is 11.8 Å². The summed E-state index contributed by atoms with van der Waals surface area (Å²) in [4.78, 5) is 1.98. The highest BCUT2D eigenvalue weighted by molar-refractivity contribution is 7.80. The van der Waals surface area contributed by atoms with Crippen LogP contribution in [0.25, 0.3) is 0 Å². The highest BCUT2D eigenvalue weighted by Gasteiger charge is 2.09. The Bertz CT molecular complexity index is 414. The summed E-state index contributed by atoms with van der Waals surface area (Å²) in [6.07, 6.45) is 3.92. The van der Waals surface area contributed by atoms with Gasteiger partial charge in [-0.1, -0.05) is 18.2 Å². The molecule has 0 bridgehead atoms. The van der Waals surface area contributed by atoms with Gasteiger partial charge in [-0.25, -0.2) is 0 Å². The van der Waals surface area contributed by atoms with Gasteiger partial charge in [-0.3, -0.25) is 0 Å². The third-order valence-electron chi connectivity index (χ3n) is 2.66. The van der Waals surface area contributed by atoms with Crippen molar-refractivity contribution >= 4 is 17.3 Å². The predicted octanol–water partition coefficient (Wildman–Crippen LogP) is 3.18. The maximum absolute atomic E-state index is 9.25. The second-order valence-electron chi connectivity index (χ2n) is 4.03. The van der Waals surface area contributed by atoms with E-state index in [1.54, 1.807) is 12.1 Å². The lowest BCUT2D eigenvalue weighted by Crippen LogP contribution is -2.37. The minimum Gasteiger partial charge on any atom is -0.508 e. The first-order valence-electron chi connectivity index (χ1n) is 6.07. The summed E-state index contributed by atoms with van der Waals surface area (Å²) in [5.74, 6) is 0.276. The molecule has 1 aromatic rings. The molecule has 1 aromatic carbocycles. The normalized spacial score (nSPS) is 12.4. The van der Waals surface area contributed by atoms with E-state index in [4.69, 9.17) is 12.2 Å². The van der Waals surface area contributed by atoms with Gasteiger partial charge in [-0.2, -0.15) is 0 Å². The molecule has 0 aliphatic carbocycles. The molecule has 98 valence electrons. The number of hydrogen-bond donors (Lipinski definition) is 2. The minimum absolute atomic E-state index is 0.109. The number of nitrogens with zero attached hydrogens (tertiary/aromatic N) is 1. The molecule has 1 rings (SSSR count). The summed E-state index contributed by atoms with van der Waals surface area (Å²) < 4.78 is 0. The molecule has 0 saturated heterocycles. The van der Waals surface area contributed by atoms with Crippen LogP contribution in [0.1, 0.15) is 32.4 Å². The van der Waals surface area contributed by atoms with Crippen molar-refractivity contribution < 1.29 is 5.11 Å². The topological polar surface area (TPSA) is 35.5 Å². The minimum atomic E-state index is 0.109. The molecule has 0 heterocycles. The molecule has 0 radical (unpaired) electrons. The molecule has 0 spiro atoms. The van der Waals surface area contributed by atoms with Gasteiger partial charge in [0, 0.05) is 12.7 Å². The number of hydrogen-bond acceptors (Lipinski definition) is 2. The highest BCUT2D eigenvalue weighted by atomic mass is 32.1. The second-order valence-corrected chi connectivity index (χ2v) is 4.42. The van der Waals surface area contributed by atoms with Crippen molar-refractivity contribution in [1.29, 1.82) is 0 Å². The Hall–Kier alpha value is -1.55. The van der Waals surface area contributed by atoms with Crippen LogP contribution in [0.4, 0.5) is 0 Å². The Balaban J connectivity index is 2.66. The predicted molar refractivity (Wildman–Crippen MR) is 79.4 cm³/mol. The van der Waals surface area contributed by atoms with Gasteiger partial charge in [0.15, 0.2) is 5.11 Å². The van der Waals surface area contributed by atoms with Crippen molar-refractivity contribution in [2.75, 3.05) is 6.54 Å². The van der Waals surface area contributed by atoms with Gasteiger partial charge in [0.2, 0.25) is 0 Å². The number of benzene rings is 1. The Labute approximate surface area is 114 Å². The smallest absolute Gasteiger partial charge is 0.173 e. The number of phenolic OH excluding ortho intramolecular Hbond substituents is 1. The molecular weight excluding hydrogens is 244 g/mol. The SMILES string of the molecule is C/C=C\N(CC)C(=S)NC(C)c1ccc(O)cc1. The summed E-state index contributed by atoms with van der Waals surface area (Å²) in [6, 6.07) is 7.25. The number of thiocarbonyl (C=S) groups is 1. The van der Waals surface area contributed by atoms with E-state index in [1.807, 2.05) is 43.2 Å². The Morgan fingerprint density at radius 3 is 2.56 bits per heavy atom. The molecule has 0 fully saturated rings. The van der Waals surface area contributed by atoms with Gasteiger partial charge < -0.3 is 15.3 Å². The Kier molecular flexibility index (Phi) is 5.65. The summed E-state index contributed by atoms with van der Waals surface area (Å²) in [5.41, 5.74) is 1.09. The van der Waals surface area contributed by atoms with Crippen LogP contribution in [0.15, 0.2) is 36.5 Å². The fraction of sp³-hybridized carbons (Fsp3) is 0.357. The molecule has 0 aromatic heterocycles. The molecule has 0 aliphatic rings. The first-order chi connectivity index (χ1) is 8.58. The van der Waals surface area contributed by atoms with Gasteiger partial charge in [-0.05, 0) is 50.7 Å². The van der Waals surface area contributed by atoms with Crippen molar-refractivity contribution in [1.82, 2.24) is 10.2 Å². The second kappa shape index (κ2) is 7.01. The molecule has 0 amide bonds. The maximum Gasteiger partial charge on any atom is 0.173 e. The number of aromatic hydroxyl groups is 1.